The highest BCUT2D eigenvalue weighted by atomic mass is 16.5. The molecule has 0 aliphatic heterocycles. The summed E-state index contributed by atoms with van der Waals surface area (Å²) in [7, 11) is 0. The molecular formula is C20H18N2O3. The maximum atomic E-state index is 12.5. The van der Waals surface area contributed by atoms with Gasteiger partial charge in [0.05, 0.1) is 17.9 Å². The molecule has 0 saturated heterocycles. The Bertz CT molecular complexity index is 823. The van der Waals surface area contributed by atoms with Crippen LogP contribution in [0.25, 0.3) is 0 Å². The smallest absolute Gasteiger partial charge is 0.255 e. The van der Waals surface area contributed by atoms with Crippen LogP contribution in [0.2, 0.25) is 0 Å². The summed E-state index contributed by atoms with van der Waals surface area (Å²) in [5.41, 5.74) is 1.15. The molecule has 0 saturated carbocycles. The van der Waals surface area contributed by atoms with Crippen molar-refractivity contribution in [3.05, 3.63) is 90.3 Å². The zero-order valence-electron chi connectivity index (χ0n) is 13.5. The van der Waals surface area contributed by atoms with E-state index < -0.39 is 6.10 Å². The van der Waals surface area contributed by atoms with Gasteiger partial charge >= 0.3 is 0 Å². The molecule has 1 aromatic heterocycles. The Kier molecular flexibility index (Phi) is 5.39. The molecule has 0 spiro atoms. The molecule has 0 bridgehead atoms. The van der Waals surface area contributed by atoms with Gasteiger partial charge in [-0.1, -0.05) is 42.5 Å². The van der Waals surface area contributed by atoms with Crippen LogP contribution in [0.15, 0.2) is 79.1 Å². The van der Waals surface area contributed by atoms with E-state index in [1.165, 1.54) is 0 Å². The number of aliphatic hydroxyl groups is 1. The van der Waals surface area contributed by atoms with E-state index in [4.69, 9.17) is 4.74 Å². The van der Waals surface area contributed by atoms with Gasteiger partial charge in [-0.05, 0) is 29.8 Å². The number of nitrogens with zero attached hydrogens (tertiary/aromatic N) is 1. The number of hydrogen-bond donors (Lipinski definition) is 2. The van der Waals surface area contributed by atoms with Crippen molar-refractivity contribution in [2.75, 3.05) is 6.54 Å². The number of aliphatic hydroxyl groups excluding tert-OH is 1. The van der Waals surface area contributed by atoms with E-state index in [0.29, 0.717) is 17.1 Å². The van der Waals surface area contributed by atoms with Gasteiger partial charge in [-0.25, -0.2) is 0 Å². The number of rotatable bonds is 6. The molecule has 0 aliphatic rings. The van der Waals surface area contributed by atoms with Crippen molar-refractivity contribution in [2.45, 2.75) is 6.10 Å². The third-order valence-electron chi connectivity index (χ3n) is 3.63. The number of para-hydroxylation sites is 1. The van der Waals surface area contributed by atoms with Gasteiger partial charge < -0.3 is 15.2 Å². The third kappa shape index (κ3) is 4.43. The quantitative estimate of drug-likeness (QED) is 0.725. The molecule has 0 aliphatic carbocycles. The van der Waals surface area contributed by atoms with Crippen molar-refractivity contribution in [1.29, 1.82) is 0 Å². The molecule has 3 aromatic rings. The van der Waals surface area contributed by atoms with Crippen LogP contribution < -0.4 is 10.1 Å². The lowest BCUT2D eigenvalue weighted by atomic mass is 10.1. The van der Waals surface area contributed by atoms with Crippen molar-refractivity contribution in [3.8, 4) is 11.5 Å². The summed E-state index contributed by atoms with van der Waals surface area (Å²) in [6.07, 6.45) is 2.46. The normalized spacial score (nSPS) is 11.6. The summed E-state index contributed by atoms with van der Waals surface area (Å²) in [5, 5.41) is 12.9. The summed E-state index contributed by atoms with van der Waals surface area (Å²) in [5.74, 6) is 0.670. The number of nitrogens with one attached hydrogen (secondary N) is 1. The monoisotopic (exact) mass is 334 g/mol. The van der Waals surface area contributed by atoms with E-state index >= 15 is 0 Å². The average molecular weight is 334 g/mol. The number of carbonyl (C=O) groups excluding carboxylic acids is 1. The lowest BCUT2D eigenvalue weighted by Gasteiger charge is -2.14. The topological polar surface area (TPSA) is 71.5 Å². The van der Waals surface area contributed by atoms with Gasteiger partial charge in [-0.3, -0.25) is 9.78 Å². The fraction of sp³-hybridized carbons (Fsp3) is 0.100. The Hall–Kier alpha value is -3.18. The number of hydrogen-bond acceptors (Lipinski definition) is 4. The minimum atomic E-state index is -0.767. The Balaban J connectivity index is 1.68. The van der Waals surface area contributed by atoms with Gasteiger partial charge in [0.1, 0.15) is 11.5 Å². The largest absolute Gasteiger partial charge is 0.455 e. The number of amides is 1. The number of ether oxygens (including phenoxy) is 1. The highest BCUT2D eigenvalue weighted by Gasteiger charge is 2.15. The fourth-order valence-corrected chi connectivity index (χ4v) is 2.36. The van der Waals surface area contributed by atoms with E-state index in [2.05, 4.69) is 10.3 Å². The van der Waals surface area contributed by atoms with E-state index in [1.807, 2.05) is 30.3 Å². The molecule has 3 rings (SSSR count). The lowest BCUT2D eigenvalue weighted by Crippen LogP contribution is -2.28. The summed E-state index contributed by atoms with van der Waals surface area (Å²) in [4.78, 5) is 16.5. The maximum Gasteiger partial charge on any atom is 0.255 e. The number of pyridine rings is 1. The van der Waals surface area contributed by atoms with Crippen LogP contribution in [0.1, 0.15) is 22.0 Å². The van der Waals surface area contributed by atoms with Crippen LogP contribution in [0, 0.1) is 0 Å². The first kappa shape index (κ1) is 16.7. The molecule has 1 atom stereocenters. The molecule has 1 heterocycles. The summed E-state index contributed by atoms with van der Waals surface area (Å²) in [6.45, 7) is 0.115. The van der Waals surface area contributed by atoms with Gasteiger partial charge in [-0.2, -0.15) is 0 Å². The minimum absolute atomic E-state index is 0.115. The van der Waals surface area contributed by atoms with Crippen LogP contribution in [-0.2, 0) is 0 Å². The standard InChI is InChI=1S/C20H18N2O3/c23-18(15-7-2-1-3-8-15)14-22-20(24)17-10-4-5-11-19(17)25-16-9-6-12-21-13-16/h1-13,18,23H,14H2,(H,22,24)/t18-/m0/s1. The molecule has 0 fully saturated rings. The first-order chi connectivity index (χ1) is 12.2. The van der Waals surface area contributed by atoms with Crippen molar-refractivity contribution < 1.29 is 14.6 Å². The Morgan fingerprint density at radius 1 is 1.04 bits per heavy atom. The van der Waals surface area contributed by atoms with Crippen LogP contribution in [0.4, 0.5) is 0 Å². The maximum absolute atomic E-state index is 12.5. The zero-order valence-corrected chi connectivity index (χ0v) is 13.5. The van der Waals surface area contributed by atoms with Crippen molar-refractivity contribution in [2.24, 2.45) is 0 Å². The molecular weight excluding hydrogens is 316 g/mol. The molecule has 1 amide bonds. The summed E-state index contributed by atoms with van der Waals surface area (Å²) in [6, 6.07) is 19.7. The zero-order chi connectivity index (χ0) is 17.5. The van der Waals surface area contributed by atoms with E-state index in [-0.39, 0.29) is 12.5 Å². The Morgan fingerprint density at radius 2 is 1.80 bits per heavy atom. The van der Waals surface area contributed by atoms with Crippen molar-refractivity contribution in [1.82, 2.24) is 10.3 Å². The molecule has 2 aromatic carbocycles. The van der Waals surface area contributed by atoms with Gasteiger partial charge in [0, 0.05) is 12.7 Å². The summed E-state index contributed by atoms with van der Waals surface area (Å²) >= 11 is 0. The molecule has 5 heteroatoms. The average Bonchev–Trinajstić information content (AvgIpc) is 2.68. The highest BCUT2D eigenvalue weighted by Crippen LogP contribution is 2.24. The minimum Gasteiger partial charge on any atom is -0.455 e. The second kappa shape index (κ2) is 8.08. The van der Waals surface area contributed by atoms with E-state index in [1.54, 1.807) is 48.8 Å². The number of benzene rings is 2. The number of carbonyl (C=O) groups is 1. The lowest BCUT2D eigenvalue weighted by molar-refractivity contribution is 0.0914. The van der Waals surface area contributed by atoms with Gasteiger partial charge in [0.15, 0.2) is 0 Å². The second-order valence-corrected chi connectivity index (χ2v) is 5.42. The van der Waals surface area contributed by atoms with Gasteiger partial charge in [0.25, 0.3) is 5.91 Å². The predicted molar refractivity (Wildman–Crippen MR) is 94.5 cm³/mol. The highest BCUT2D eigenvalue weighted by molar-refractivity contribution is 5.97. The van der Waals surface area contributed by atoms with Crippen molar-refractivity contribution in [3.63, 3.8) is 0 Å². The van der Waals surface area contributed by atoms with Crippen LogP contribution in [-0.4, -0.2) is 22.5 Å². The van der Waals surface area contributed by atoms with E-state index in [0.717, 1.165) is 5.56 Å². The first-order valence-corrected chi connectivity index (χ1v) is 7.92. The molecule has 5 nitrogen and oxygen atoms in total. The molecule has 0 radical (unpaired) electrons. The summed E-state index contributed by atoms with van der Waals surface area (Å²) < 4.78 is 5.74. The third-order valence-corrected chi connectivity index (χ3v) is 3.63. The van der Waals surface area contributed by atoms with Crippen LogP contribution in [0.3, 0.4) is 0 Å². The van der Waals surface area contributed by atoms with Crippen LogP contribution >= 0.6 is 0 Å². The number of aromatic nitrogens is 1. The first-order valence-electron chi connectivity index (χ1n) is 7.92. The Labute approximate surface area is 145 Å². The fourth-order valence-electron chi connectivity index (χ4n) is 2.36. The van der Waals surface area contributed by atoms with Crippen LogP contribution in [0.5, 0.6) is 11.5 Å². The molecule has 2 N–H and O–H groups in total. The molecule has 126 valence electrons. The molecule has 0 unspecified atom stereocenters. The second-order valence-electron chi connectivity index (χ2n) is 5.42. The molecule has 25 heavy (non-hydrogen) atoms. The van der Waals surface area contributed by atoms with E-state index in [9.17, 15) is 9.90 Å². The van der Waals surface area contributed by atoms with Gasteiger partial charge in [0.2, 0.25) is 0 Å². The predicted octanol–water partition coefficient (Wildman–Crippen LogP) is 3.34. The van der Waals surface area contributed by atoms with Gasteiger partial charge in [-0.15, -0.1) is 0 Å². The van der Waals surface area contributed by atoms with Crippen molar-refractivity contribution >= 4 is 5.91 Å². The SMILES string of the molecule is O=C(NC[C@H](O)c1ccccc1)c1ccccc1Oc1cccnc1. The Morgan fingerprint density at radius 3 is 2.56 bits per heavy atom.